The largest absolute Gasteiger partial charge is 0.324 e. The van der Waals surface area contributed by atoms with Crippen molar-refractivity contribution in [3.8, 4) is 5.82 Å². The van der Waals surface area contributed by atoms with Crippen LogP contribution in [0.25, 0.3) is 5.82 Å². The molecule has 2 aromatic heterocycles. The summed E-state index contributed by atoms with van der Waals surface area (Å²) < 4.78 is 24.1. The predicted molar refractivity (Wildman–Crippen MR) is 74.3 cm³/mol. The molecule has 8 heteroatoms. The van der Waals surface area contributed by atoms with Gasteiger partial charge in [-0.15, -0.1) is 0 Å². The van der Waals surface area contributed by atoms with Gasteiger partial charge in [0.2, 0.25) is 5.91 Å². The fraction of sp³-hybridized carbons (Fsp3) is 0.250. The molecule has 0 spiro atoms. The van der Waals surface area contributed by atoms with E-state index in [0.717, 1.165) is 6.26 Å². The lowest BCUT2D eigenvalue weighted by Crippen LogP contribution is -2.31. The number of anilines is 1. The number of hydrogen-bond acceptors (Lipinski definition) is 5. The molecule has 1 amide bonds. The number of pyridine rings is 1. The minimum atomic E-state index is -3.41. The van der Waals surface area contributed by atoms with E-state index in [1.54, 1.807) is 35.3 Å². The summed E-state index contributed by atoms with van der Waals surface area (Å²) in [5.74, 6) is 0.0188. The third kappa shape index (κ3) is 3.21. The number of hydrogen-bond donors (Lipinski definition) is 1. The molecule has 0 aliphatic heterocycles. The second kappa shape index (κ2) is 5.41. The molecule has 0 radical (unpaired) electrons. The van der Waals surface area contributed by atoms with Crippen LogP contribution in [0.1, 0.15) is 6.92 Å². The summed E-state index contributed by atoms with van der Waals surface area (Å²) >= 11 is 0. The van der Waals surface area contributed by atoms with E-state index < -0.39 is 21.0 Å². The van der Waals surface area contributed by atoms with E-state index in [4.69, 9.17) is 0 Å². The first-order valence-electron chi connectivity index (χ1n) is 5.84. The summed E-state index contributed by atoms with van der Waals surface area (Å²) in [5, 5.41) is 5.43. The number of sulfone groups is 1. The molecule has 0 saturated carbocycles. The molecule has 2 rings (SSSR count). The summed E-state index contributed by atoms with van der Waals surface area (Å²) in [6.07, 6.45) is 5.84. The number of amides is 1. The number of carbonyl (C=O) groups is 1. The first-order chi connectivity index (χ1) is 9.38. The van der Waals surface area contributed by atoms with Crippen LogP contribution in [0.5, 0.6) is 0 Å². The van der Waals surface area contributed by atoms with Gasteiger partial charge < -0.3 is 5.32 Å². The SMILES string of the molecule is C[C@@H](C(=O)Nc1ccc(-n2cccn2)nc1)S(C)(=O)=O. The van der Waals surface area contributed by atoms with Crippen molar-refractivity contribution in [2.45, 2.75) is 12.2 Å². The number of rotatable bonds is 4. The Balaban J connectivity index is 2.10. The van der Waals surface area contributed by atoms with E-state index in [1.165, 1.54) is 13.1 Å². The van der Waals surface area contributed by atoms with Crippen LogP contribution >= 0.6 is 0 Å². The lowest BCUT2D eigenvalue weighted by atomic mass is 10.3. The first kappa shape index (κ1) is 14.2. The molecule has 0 bridgehead atoms. The van der Waals surface area contributed by atoms with Gasteiger partial charge in [0, 0.05) is 18.6 Å². The topological polar surface area (TPSA) is 93.9 Å². The van der Waals surface area contributed by atoms with Gasteiger partial charge in [0.25, 0.3) is 0 Å². The molecule has 7 nitrogen and oxygen atoms in total. The maximum atomic E-state index is 11.7. The molecule has 2 heterocycles. The Kier molecular flexibility index (Phi) is 3.84. The molecule has 0 aliphatic rings. The third-order valence-corrected chi connectivity index (χ3v) is 4.26. The summed E-state index contributed by atoms with van der Waals surface area (Å²) in [5.41, 5.74) is 0.432. The van der Waals surface area contributed by atoms with Gasteiger partial charge in [-0.25, -0.2) is 18.1 Å². The van der Waals surface area contributed by atoms with Crippen LogP contribution in [-0.2, 0) is 14.6 Å². The van der Waals surface area contributed by atoms with Gasteiger partial charge >= 0.3 is 0 Å². The highest BCUT2D eigenvalue weighted by Crippen LogP contribution is 2.10. The zero-order valence-corrected chi connectivity index (χ0v) is 11.8. The molecule has 106 valence electrons. The maximum Gasteiger partial charge on any atom is 0.242 e. The van der Waals surface area contributed by atoms with E-state index in [9.17, 15) is 13.2 Å². The van der Waals surface area contributed by atoms with Crippen molar-refractivity contribution in [3.05, 3.63) is 36.8 Å². The Morgan fingerprint density at radius 3 is 2.65 bits per heavy atom. The Morgan fingerprint density at radius 1 is 1.40 bits per heavy atom. The average molecular weight is 294 g/mol. The van der Waals surface area contributed by atoms with Gasteiger partial charge in [-0.2, -0.15) is 5.10 Å². The molecule has 0 aromatic carbocycles. The fourth-order valence-electron chi connectivity index (χ4n) is 1.44. The molecule has 0 saturated heterocycles. The highest BCUT2D eigenvalue weighted by Gasteiger charge is 2.23. The third-order valence-electron chi connectivity index (χ3n) is 2.77. The first-order valence-corrected chi connectivity index (χ1v) is 7.79. The minimum absolute atomic E-state index is 0.432. The maximum absolute atomic E-state index is 11.7. The zero-order valence-electron chi connectivity index (χ0n) is 11.0. The summed E-state index contributed by atoms with van der Waals surface area (Å²) in [6.45, 7) is 1.34. The number of nitrogens with zero attached hydrogens (tertiary/aromatic N) is 3. The van der Waals surface area contributed by atoms with Gasteiger partial charge in [-0.05, 0) is 25.1 Å². The Morgan fingerprint density at radius 2 is 2.15 bits per heavy atom. The summed E-state index contributed by atoms with van der Waals surface area (Å²) in [7, 11) is -3.41. The number of carbonyl (C=O) groups excluding carboxylic acids is 1. The van der Waals surface area contributed by atoms with E-state index in [2.05, 4.69) is 15.4 Å². The van der Waals surface area contributed by atoms with Crippen molar-refractivity contribution in [2.75, 3.05) is 11.6 Å². The van der Waals surface area contributed by atoms with Crippen molar-refractivity contribution in [1.82, 2.24) is 14.8 Å². The zero-order chi connectivity index (χ0) is 14.8. The number of nitrogens with one attached hydrogen (secondary N) is 1. The molecule has 0 aliphatic carbocycles. The molecule has 1 N–H and O–H groups in total. The van der Waals surface area contributed by atoms with Crippen LogP contribution in [0.2, 0.25) is 0 Å². The highest BCUT2D eigenvalue weighted by atomic mass is 32.2. The van der Waals surface area contributed by atoms with Gasteiger partial charge in [0.15, 0.2) is 15.7 Å². The van der Waals surface area contributed by atoms with Crippen molar-refractivity contribution < 1.29 is 13.2 Å². The van der Waals surface area contributed by atoms with Crippen molar-refractivity contribution in [3.63, 3.8) is 0 Å². The standard InChI is InChI=1S/C12H14N4O3S/c1-9(20(2,18)19)12(17)15-10-4-5-11(13-8-10)16-7-3-6-14-16/h3-9H,1-2H3,(H,15,17)/t9-/m0/s1. The predicted octanol–water partition coefficient (Wildman–Crippen LogP) is 0.639. The lowest BCUT2D eigenvalue weighted by Gasteiger charge is -2.10. The highest BCUT2D eigenvalue weighted by molar-refractivity contribution is 7.92. The van der Waals surface area contributed by atoms with Gasteiger partial charge in [0.1, 0.15) is 5.25 Å². The van der Waals surface area contributed by atoms with Crippen molar-refractivity contribution >= 4 is 21.4 Å². The monoisotopic (exact) mass is 294 g/mol. The second-order valence-corrected chi connectivity index (χ2v) is 6.68. The van der Waals surface area contributed by atoms with Gasteiger partial charge in [-0.1, -0.05) is 0 Å². The summed E-state index contributed by atoms with van der Waals surface area (Å²) in [4.78, 5) is 15.9. The smallest absolute Gasteiger partial charge is 0.242 e. The van der Waals surface area contributed by atoms with Gasteiger partial charge in [0.05, 0.1) is 11.9 Å². The van der Waals surface area contributed by atoms with Crippen molar-refractivity contribution in [2.24, 2.45) is 0 Å². The van der Waals surface area contributed by atoms with E-state index in [-0.39, 0.29) is 0 Å². The normalized spacial score (nSPS) is 12.9. The second-order valence-electron chi connectivity index (χ2n) is 4.32. The van der Waals surface area contributed by atoms with Crippen LogP contribution in [0.15, 0.2) is 36.8 Å². The minimum Gasteiger partial charge on any atom is -0.324 e. The average Bonchev–Trinajstić information content (AvgIpc) is 2.91. The Labute approximate surface area is 116 Å². The Bertz CT molecular complexity index is 693. The molecule has 2 aromatic rings. The lowest BCUT2D eigenvalue weighted by molar-refractivity contribution is -0.115. The molecular formula is C12H14N4O3S. The molecule has 20 heavy (non-hydrogen) atoms. The van der Waals surface area contributed by atoms with Crippen LogP contribution in [0, 0.1) is 0 Å². The van der Waals surface area contributed by atoms with E-state index in [1.807, 2.05) is 0 Å². The Hall–Kier alpha value is -2.22. The van der Waals surface area contributed by atoms with E-state index >= 15 is 0 Å². The molecule has 1 atom stereocenters. The van der Waals surface area contributed by atoms with Crippen LogP contribution in [-0.4, -0.2) is 40.6 Å². The van der Waals surface area contributed by atoms with Gasteiger partial charge in [-0.3, -0.25) is 4.79 Å². The molecular weight excluding hydrogens is 280 g/mol. The molecule has 0 unspecified atom stereocenters. The van der Waals surface area contributed by atoms with E-state index in [0.29, 0.717) is 11.5 Å². The van der Waals surface area contributed by atoms with Crippen LogP contribution < -0.4 is 5.32 Å². The number of aromatic nitrogens is 3. The molecule has 0 fully saturated rings. The fourth-order valence-corrected chi connectivity index (χ4v) is 1.89. The quantitative estimate of drug-likeness (QED) is 0.893. The van der Waals surface area contributed by atoms with Crippen molar-refractivity contribution in [1.29, 1.82) is 0 Å². The van der Waals surface area contributed by atoms with Crippen LogP contribution in [0.3, 0.4) is 0 Å². The van der Waals surface area contributed by atoms with Crippen LogP contribution in [0.4, 0.5) is 5.69 Å². The summed E-state index contributed by atoms with van der Waals surface area (Å²) in [6, 6.07) is 5.08.